The Balaban J connectivity index is 1.14. The molecule has 39 heavy (non-hydrogen) atoms. The van der Waals surface area contributed by atoms with Gasteiger partial charge in [0.1, 0.15) is 17.1 Å². The summed E-state index contributed by atoms with van der Waals surface area (Å²) in [6, 6.07) is 10.4. The third-order valence-corrected chi connectivity index (χ3v) is 8.33. The van der Waals surface area contributed by atoms with Crippen LogP contribution in [-0.4, -0.2) is 45.3 Å². The number of nitrogens with zero attached hydrogens (tertiary/aromatic N) is 4. The second kappa shape index (κ2) is 10.1. The van der Waals surface area contributed by atoms with Gasteiger partial charge in [-0.05, 0) is 76.8 Å². The van der Waals surface area contributed by atoms with E-state index in [1.165, 1.54) is 12.1 Å². The Hall–Kier alpha value is -2.68. The molecular formula is C29H31Cl2FN4O3. The smallest absolute Gasteiger partial charge is 0.341 e. The number of carbonyl (C=O) groups excluding carboxylic acids is 1. The normalized spacial score (nSPS) is 22.5. The molecule has 7 nitrogen and oxygen atoms in total. The molecule has 1 aliphatic heterocycles. The van der Waals surface area contributed by atoms with Gasteiger partial charge in [-0.3, -0.25) is 0 Å². The molecular weight excluding hydrogens is 542 g/mol. The Morgan fingerprint density at radius 3 is 2.49 bits per heavy atom. The summed E-state index contributed by atoms with van der Waals surface area (Å²) in [6.45, 7) is 6.43. The maximum absolute atomic E-state index is 14.9. The van der Waals surface area contributed by atoms with Gasteiger partial charge in [0.15, 0.2) is 0 Å². The largest absolute Gasteiger partial charge is 0.456 e. The first-order valence-corrected chi connectivity index (χ1v) is 14.1. The first-order chi connectivity index (χ1) is 18.6. The summed E-state index contributed by atoms with van der Waals surface area (Å²) in [5.74, 6) is -0.502. The van der Waals surface area contributed by atoms with E-state index >= 15 is 0 Å². The number of piperidine rings is 1. The molecule has 2 heterocycles. The molecule has 0 unspecified atom stereocenters. The molecule has 0 spiro atoms. The van der Waals surface area contributed by atoms with Crippen LogP contribution >= 0.6 is 23.2 Å². The van der Waals surface area contributed by atoms with Crippen LogP contribution in [0.5, 0.6) is 0 Å². The molecule has 0 N–H and O–H groups in total. The fourth-order valence-electron chi connectivity index (χ4n) is 5.79. The molecule has 0 amide bonds. The molecule has 0 radical (unpaired) electrons. The van der Waals surface area contributed by atoms with Crippen molar-refractivity contribution in [1.29, 1.82) is 0 Å². The fraction of sp³-hybridized carbons (Fsp3) is 0.483. The predicted octanol–water partition coefficient (Wildman–Crippen LogP) is 6.73. The van der Waals surface area contributed by atoms with E-state index in [2.05, 4.69) is 15.2 Å². The number of anilines is 1. The number of hydrogen-bond acceptors (Lipinski definition) is 6. The average molecular weight is 573 g/mol. The topological polar surface area (TPSA) is 69.5 Å². The summed E-state index contributed by atoms with van der Waals surface area (Å²) in [5.41, 5.74) is 2.52. The lowest BCUT2D eigenvalue weighted by molar-refractivity contribution is 0.00647. The van der Waals surface area contributed by atoms with Gasteiger partial charge < -0.3 is 14.4 Å². The standard InChI is InChI=1S/C29H31Cl2FN4O3/c1-29(2,3)39-28(37)20-10-9-18(12-23(20)32)35-14-17-11-19(35)13-25(17)38-15-24-26(16-7-8-16)33-34-36(24)27-21(30)5-4-6-22(27)31/h4-6,9-10,12,16-17,19,25H,7-8,11,13-15H2,1-3H3/t17-,19-,25+/m0/s1. The second-order valence-corrected chi connectivity index (χ2v) is 12.5. The number of hydrogen-bond donors (Lipinski definition) is 0. The monoisotopic (exact) mass is 572 g/mol. The zero-order valence-electron chi connectivity index (χ0n) is 22.2. The molecule has 2 bridgehead atoms. The maximum Gasteiger partial charge on any atom is 0.341 e. The fourth-order valence-corrected chi connectivity index (χ4v) is 6.34. The van der Waals surface area contributed by atoms with E-state index in [0.29, 0.717) is 34.2 Å². The number of esters is 1. The van der Waals surface area contributed by atoms with Crippen LogP contribution in [0.15, 0.2) is 36.4 Å². The third-order valence-electron chi connectivity index (χ3n) is 7.72. The van der Waals surface area contributed by atoms with Gasteiger partial charge in [-0.2, -0.15) is 0 Å². The summed E-state index contributed by atoms with van der Waals surface area (Å²) in [4.78, 5) is 14.6. The van der Waals surface area contributed by atoms with Gasteiger partial charge >= 0.3 is 5.97 Å². The minimum atomic E-state index is -0.682. The van der Waals surface area contributed by atoms with Crippen LogP contribution in [0.4, 0.5) is 10.1 Å². The van der Waals surface area contributed by atoms with E-state index < -0.39 is 17.4 Å². The van der Waals surface area contributed by atoms with Crippen LogP contribution in [0.25, 0.3) is 5.69 Å². The van der Waals surface area contributed by atoms with Gasteiger partial charge in [0.25, 0.3) is 0 Å². The highest BCUT2D eigenvalue weighted by Crippen LogP contribution is 2.44. The number of fused-ring (bicyclic) bond motifs is 2. The highest BCUT2D eigenvalue weighted by Gasteiger charge is 2.46. The van der Waals surface area contributed by atoms with Crippen molar-refractivity contribution in [2.24, 2.45) is 5.92 Å². The van der Waals surface area contributed by atoms with Gasteiger partial charge in [0.05, 0.1) is 39.7 Å². The van der Waals surface area contributed by atoms with Crippen LogP contribution in [0.1, 0.15) is 74.1 Å². The molecule has 3 fully saturated rings. The third kappa shape index (κ3) is 5.26. The number of ether oxygens (including phenoxy) is 2. The van der Waals surface area contributed by atoms with Crippen LogP contribution in [0.2, 0.25) is 10.0 Å². The number of benzene rings is 2. The van der Waals surface area contributed by atoms with Crippen LogP contribution < -0.4 is 4.90 Å². The van der Waals surface area contributed by atoms with Crippen LogP contribution in [0.3, 0.4) is 0 Å². The minimum Gasteiger partial charge on any atom is -0.456 e. The molecule has 206 valence electrons. The number of aromatic nitrogens is 3. The molecule has 1 aromatic heterocycles. The van der Waals surface area contributed by atoms with Gasteiger partial charge in [-0.25, -0.2) is 13.9 Å². The summed E-state index contributed by atoms with van der Waals surface area (Å²) in [6.07, 6.45) is 4.08. The van der Waals surface area contributed by atoms with Crippen molar-refractivity contribution in [1.82, 2.24) is 15.0 Å². The molecule has 6 rings (SSSR count). The second-order valence-electron chi connectivity index (χ2n) is 11.7. The Kier molecular flexibility index (Phi) is 6.84. The summed E-state index contributed by atoms with van der Waals surface area (Å²) in [7, 11) is 0. The first-order valence-electron chi connectivity index (χ1n) is 13.4. The molecule has 2 aromatic carbocycles. The highest BCUT2D eigenvalue weighted by atomic mass is 35.5. The zero-order valence-corrected chi connectivity index (χ0v) is 23.7. The lowest BCUT2D eigenvalue weighted by atomic mass is 10.0. The zero-order chi connectivity index (χ0) is 27.5. The van der Waals surface area contributed by atoms with E-state index in [1.807, 2.05) is 0 Å². The van der Waals surface area contributed by atoms with Crippen LogP contribution in [0, 0.1) is 11.7 Å². The van der Waals surface area contributed by atoms with E-state index in [0.717, 1.165) is 49.3 Å². The van der Waals surface area contributed by atoms with Gasteiger partial charge in [0, 0.05) is 30.1 Å². The minimum absolute atomic E-state index is 0.0467. The van der Waals surface area contributed by atoms with Crippen molar-refractivity contribution in [3.8, 4) is 5.69 Å². The molecule has 3 atom stereocenters. The Labute approximate surface area is 237 Å². The molecule has 2 aliphatic carbocycles. The molecule has 3 aliphatic rings. The molecule has 2 saturated carbocycles. The van der Waals surface area contributed by atoms with E-state index in [9.17, 15) is 9.18 Å². The first kappa shape index (κ1) is 26.5. The van der Waals surface area contributed by atoms with Crippen molar-refractivity contribution < 1.29 is 18.7 Å². The van der Waals surface area contributed by atoms with E-state index in [1.54, 1.807) is 49.7 Å². The lowest BCUT2D eigenvalue weighted by Gasteiger charge is -2.33. The SMILES string of the molecule is CC(C)(C)OC(=O)c1ccc(N2C[C@@H]3C[C@H]2C[C@H]3OCc2c(C3CC3)nnn2-c2c(Cl)cccc2Cl)cc1F. The van der Waals surface area contributed by atoms with E-state index in [-0.39, 0.29) is 17.7 Å². The highest BCUT2D eigenvalue weighted by molar-refractivity contribution is 6.37. The predicted molar refractivity (Wildman–Crippen MR) is 147 cm³/mol. The summed E-state index contributed by atoms with van der Waals surface area (Å²) < 4.78 is 28.4. The number of rotatable bonds is 7. The van der Waals surface area contributed by atoms with Crippen LogP contribution in [-0.2, 0) is 16.1 Å². The van der Waals surface area contributed by atoms with Crippen molar-refractivity contribution >= 4 is 34.9 Å². The number of carbonyl (C=O) groups is 1. The quantitative estimate of drug-likeness (QED) is 0.292. The van der Waals surface area contributed by atoms with Crippen molar-refractivity contribution in [2.45, 2.75) is 76.7 Å². The lowest BCUT2D eigenvalue weighted by Crippen LogP contribution is -2.38. The Morgan fingerprint density at radius 2 is 1.87 bits per heavy atom. The van der Waals surface area contributed by atoms with Gasteiger partial charge in [-0.15, -0.1) is 5.10 Å². The van der Waals surface area contributed by atoms with E-state index in [4.69, 9.17) is 32.7 Å². The molecule has 1 saturated heterocycles. The number of halogens is 3. The molecule has 10 heteroatoms. The summed E-state index contributed by atoms with van der Waals surface area (Å²) in [5, 5.41) is 9.89. The van der Waals surface area contributed by atoms with Crippen molar-refractivity contribution in [3.05, 3.63) is 69.2 Å². The van der Waals surface area contributed by atoms with Crippen molar-refractivity contribution in [2.75, 3.05) is 11.4 Å². The molecule has 3 aromatic rings. The van der Waals surface area contributed by atoms with Gasteiger partial charge in [-0.1, -0.05) is 34.5 Å². The van der Waals surface area contributed by atoms with Crippen molar-refractivity contribution in [3.63, 3.8) is 0 Å². The summed E-state index contributed by atoms with van der Waals surface area (Å²) >= 11 is 13.0. The Morgan fingerprint density at radius 1 is 1.13 bits per heavy atom. The van der Waals surface area contributed by atoms with Gasteiger partial charge in [0.2, 0.25) is 0 Å². The average Bonchev–Trinajstić information content (AvgIpc) is 3.32. The Bertz CT molecular complexity index is 1400. The number of para-hydroxylation sites is 1. The maximum atomic E-state index is 14.9.